The molecule has 1 aromatic carbocycles. The summed E-state index contributed by atoms with van der Waals surface area (Å²) in [6, 6.07) is 6.03. The van der Waals surface area contributed by atoms with Gasteiger partial charge in [-0.2, -0.15) is 0 Å². The summed E-state index contributed by atoms with van der Waals surface area (Å²) < 4.78 is 24.1. The summed E-state index contributed by atoms with van der Waals surface area (Å²) in [6.07, 6.45) is 1.83. The van der Waals surface area contributed by atoms with Gasteiger partial charge in [0.1, 0.15) is 0 Å². The monoisotopic (exact) mass is 317 g/mol. The van der Waals surface area contributed by atoms with Crippen molar-refractivity contribution < 1.29 is 13.2 Å². The molecule has 1 N–H and O–H groups in total. The van der Waals surface area contributed by atoms with Crippen molar-refractivity contribution in [3.63, 3.8) is 0 Å². The predicted octanol–water partition coefficient (Wildman–Crippen LogP) is 2.81. The van der Waals surface area contributed by atoms with Crippen molar-refractivity contribution in [1.29, 1.82) is 0 Å². The normalized spacial score (nSPS) is 12.9. The van der Waals surface area contributed by atoms with Crippen LogP contribution in [0, 0.1) is 0 Å². The maximum absolute atomic E-state index is 12.0. The Morgan fingerprint density at radius 3 is 2.45 bits per heavy atom. The first kappa shape index (κ1) is 17.0. The average molecular weight is 318 g/mol. The fraction of sp³-hybridized carbons (Fsp3) is 0.500. The lowest BCUT2D eigenvalue weighted by atomic mass is 10.2. The molecule has 1 atom stereocenters. The molecule has 0 aliphatic rings. The Hall–Kier alpha value is -1.07. The maximum atomic E-state index is 12.0. The molecule has 1 amide bonds. The SMILES string of the molecule is CCC[C@@H](C)NC(=O)CCS(=O)(=O)c1ccc(Cl)cc1. The number of benzene rings is 1. The van der Waals surface area contributed by atoms with Crippen LogP contribution in [0.15, 0.2) is 29.2 Å². The van der Waals surface area contributed by atoms with Gasteiger partial charge in [0.05, 0.1) is 10.6 Å². The molecule has 0 spiro atoms. The zero-order valence-corrected chi connectivity index (χ0v) is 13.3. The van der Waals surface area contributed by atoms with Gasteiger partial charge >= 0.3 is 0 Å². The van der Waals surface area contributed by atoms with Crippen LogP contribution in [0.4, 0.5) is 0 Å². The second-order valence-electron chi connectivity index (χ2n) is 4.78. The highest BCUT2D eigenvalue weighted by atomic mass is 35.5. The maximum Gasteiger partial charge on any atom is 0.221 e. The molecule has 1 rings (SSSR count). The van der Waals surface area contributed by atoms with Crippen LogP contribution in [0.5, 0.6) is 0 Å². The Labute approximate surface area is 125 Å². The van der Waals surface area contributed by atoms with E-state index in [4.69, 9.17) is 11.6 Å². The van der Waals surface area contributed by atoms with Gasteiger partial charge in [-0.05, 0) is 37.6 Å². The van der Waals surface area contributed by atoms with Crippen molar-refractivity contribution in [3.8, 4) is 0 Å². The number of carbonyl (C=O) groups is 1. The van der Waals surface area contributed by atoms with Crippen molar-refractivity contribution >= 4 is 27.3 Å². The van der Waals surface area contributed by atoms with Crippen LogP contribution in [0.2, 0.25) is 5.02 Å². The molecule has 4 nitrogen and oxygen atoms in total. The van der Waals surface area contributed by atoms with Crippen LogP contribution in [0.1, 0.15) is 33.1 Å². The Balaban J connectivity index is 2.55. The minimum atomic E-state index is -3.44. The summed E-state index contributed by atoms with van der Waals surface area (Å²) in [5, 5.41) is 3.27. The molecule has 0 bridgehead atoms. The molecule has 1 aromatic rings. The van der Waals surface area contributed by atoms with Gasteiger partial charge in [0.2, 0.25) is 5.91 Å². The Morgan fingerprint density at radius 2 is 1.90 bits per heavy atom. The van der Waals surface area contributed by atoms with E-state index in [1.807, 2.05) is 13.8 Å². The highest BCUT2D eigenvalue weighted by Gasteiger charge is 2.17. The van der Waals surface area contributed by atoms with Crippen LogP contribution in [-0.4, -0.2) is 26.1 Å². The van der Waals surface area contributed by atoms with E-state index in [0.29, 0.717) is 5.02 Å². The van der Waals surface area contributed by atoms with E-state index in [2.05, 4.69) is 5.32 Å². The summed E-state index contributed by atoms with van der Waals surface area (Å²) in [5.41, 5.74) is 0. The van der Waals surface area contributed by atoms with E-state index in [9.17, 15) is 13.2 Å². The number of nitrogens with one attached hydrogen (secondary N) is 1. The number of rotatable bonds is 7. The lowest BCUT2D eigenvalue weighted by Crippen LogP contribution is -2.33. The van der Waals surface area contributed by atoms with Gasteiger partial charge in [-0.3, -0.25) is 4.79 Å². The summed E-state index contributed by atoms with van der Waals surface area (Å²) in [7, 11) is -3.44. The molecular weight excluding hydrogens is 298 g/mol. The second kappa shape index (κ2) is 7.64. The van der Waals surface area contributed by atoms with Crippen LogP contribution in [0.25, 0.3) is 0 Å². The number of amides is 1. The first-order valence-electron chi connectivity index (χ1n) is 6.63. The largest absolute Gasteiger partial charge is 0.354 e. The van der Waals surface area contributed by atoms with E-state index < -0.39 is 9.84 Å². The Kier molecular flexibility index (Phi) is 6.49. The summed E-state index contributed by atoms with van der Waals surface area (Å²) in [5.74, 6) is -0.428. The van der Waals surface area contributed by atoms with Gasteiger partial charge in [0, 0.05) is 17.5 Å². The van der Waals surface area contributed by atoms with Crippen LogP contribution < -0.4 is 5.32 Å². The second-order valence-corrected chi connectivity index (χ2v) is 7.33. The highest BCUT2D eigenvalue weighted by molar-refractivity contribution is 7.91. The van der Waals surface area contributed by atoms with Gasteiger partial charge in [-0.1, -0.05) is 24.9 Å². The lowest BCUT2D eigenvalue weighted by Gasteiger charge is -2.12. The summed E-state index contributed by atoms with van der Waals surface area (Å²) in [6.45, 7) is 3.95. The molecule has 0 unspecified atom stereocenters. The molecule has 6 heteroatoms. The Bertz CT molecular complexity index is 540. The van der Waals surface area contributed by atoms with Crippen LogP contribution >= 0.6 is 11.6 Å². The van der Waals surface area contributed by atoms with Crippen molar-refractivity contribution in [1.82, 2.24) is 5.32 Å². The fourth-order valence-electron chi connectivity index (χ4n) is 1.84. The molecule has 0 saturated heterocycles. The first-order valence-corrected chi connectivity index (χ1v) is 8.66. The molecule has 0 saturated carbocycles. The third kappa shape index (κ3) is 5.51. The van der Waals surface area contributed by atoms with Gasteiger partial charge < -0.3 is 5.32 Å². The first-order chi connectivity index (χ1) is 9.35. The third-order valence-corrected chi connectivity index (χ3v) is 4.88. The quantitative estimate of drug-likeness (QED) is 0.841. The molecular formula is C14H20ClNO3S. The standard InChI is InChI=1S/C14H20ClNO3S/c1-3-4-11(2)16-14(17)9-10-20(18,19)13-7-5-12(15)6-8-13/h5-8,11H,3-4,9-10H2,1-2H3,(H,16,17)/t11-/m1/s1. The van der Waals surface area contributed by atoms with Crippen molar-refractivity contribution in [2.45, 2.75) is 44.0 Å². The predicted molar refractivity (Wildman–Crippen MR) is 80.6 cm³/mol. The molecule has 0 aromatic heterocycles. The molecule has 112 valence electrons. The lowest BCUT2D eigenvalue weighted by molar-refractivity contribution is -0.121. The number of carbonyl (C=O) groups excluding carboxylic acids is 1. The zero-order chi connectivity index (χ0) is 15.2. The molecule has 0 heterocycles. The molecule has 0 radical (unpaired) electrons. The van der Waals surface area contributed by atoms with E-state index in [0.717, 1.165) is 12.8 Å². The van der Waals surface area contributed by atoms with E-state index in [1.54, 1.807) is 0 Å². The minimum absolute atomic E-state index is 0.0288. The van der Waals surface area contributed by atoms with Crippen LogP contribution in [0.3, 0.4) is 0 Å². The fourth-order valence-corrected chi connectivity index (χ4v) is 3.21. The summed E-state index contributed by atoms with van der Waals surface area (Å²) >= 11 is 5.72. The zero-order valence-electron chi connectivity index (χ0n) is 11.7. The molecule has 0 aliphatic heterocycles. The van der Waals surface area contributed by atoms with Gasteiger partial charge in [-0.15, -0.1) is 0 Å². The van der Waals surface area contributed by atoms with Crippen LogP contribution in [-0.2, 0) is 14.6 Å². The Morgan fingerprint density at radius 1 is 1.30 bits per heavy atom. The topological polar surface area (TPSA) is 63.2 Å². The molecule has 20 heavy (non-hydrogen) atoms. The van der Waals surface area contributed by atoms with Gasteiger partial charge in [0.15, 0.2) is 9.84 Å². The number of sulfone groups is 1. The number of halogens is 1. The van der Waals surface area contributed by atoms with E-state index in [-0.39, 0.29) is 29.0 Å². The van der Waals surface area contributed by atoms with E-state index in [1.165, 1.54) is 24.3 Å². The van der Waals surface area contributed by atoms with Crippen molar-refractivity contribution in [2.24, 2.45) is 0 Å². The minimum Gasteiger partial charge on any atom is -0.354 e. The molecule has 0 aliphatic carbocycles. The van der Waals surface area contributed by atoms with Gasteiger partial charge in [-0.25, -0.2) is 8.42 Å². The number of hydrogen-bond donors (Lipinski definition) is 1. The smallest absolute Gasteiger partial charge is 0.221 e. The van der Waals surface area contributed by atoms with E-state index >= 15 is 0 Å². The summed E-state index contributed by atoms with van der Waals surface area (Å²) in [4.78, 5) is 11.9. The third-order valence-electron chi connectivity index (χ3n) is 2.90. The van der Waals surface area contributed by atoms with Crippen molar-refractivity contribution in [2.75, 3.05) is 5.75 Å². The average Bonchev–Trinajstić information content (AvgIpc) is 2.37. The molecule has 0 fully saturated rings. The highest BCUT2D eigenvalue weighted by Crippen LogP contribution is 2.16. The van der Waals surface area contributed by atoms with Gasteiger partial charge in [0.25, 0.3) is 0 Å². The van der Waals surface area contributed by atoms with Crippen molar-refractivity contribution in [3.05, 3.63) is 29.3 Å². The number of hydrogen-bond acceptors (Lipinski definition) is 3.